The highest BCUT2D eigenvalue weighted by Crippen LogP contribution is 2.50. The zero-order valence-electron chi connectivity index (χ0n) is 19.7. The van der Waals surface area contributed by atoms with Crippen LogP contribution in [-0.2, 0) is 12.0 Å². The summed E-state index contributed by atoms with van der Waals surface area (Å²) in [6.45, 7) is 6.09. The molecule has 2 N–H and O–H groups in total. The second-order valence-corrected chi connectivity index (χ2v) is 9.06. The first-order valence-corrected chi connectivity index (χ1v) is 11.8. The quantitative estimate of drug-likeness (QED) is 0.592. The van der Waals surface area contributed by atoms with Crippen LogP contribution in [0.2, 0.25) is 0 Å². The number of carbonyl (C=O) groups is 1. The smallest absolute Gasteiger partial charge is 0.315 e. The van der Waals surface area contributed by atoms with Crippen LogP contribution < -0.4 is 20.1 Å². The van der Waals surface area contributed by atoms with Gasteiger partial charge in [-0.15, -0.1) is 6.58 Å². The predicted molar refractivity (Wildman–Crippen MR) is 131 cm³/mol. The number of likely N-dealkylation sites (tertiary alicyclic amines) is 1. The Balaban J connectivity index is 1.61. The van der Waals surface area contributed by atoms with Crippen molar-refractivity contribution < 1.29 is 14.3 Å². The van der Waals surface area contributed by atoms with Crippen LogP contribution in [0.1, 0.15) is 36.8 Å². The third kappa shape index (κ3) is 4.86. The normalized spacial score (nSPS) is 24.5. The monoisotopic (exact) mass is 449 g/mol. The molecular weight excluding hydrogens is 414 g/mol. The number of nitrogens with zero attached hydrogens (tertiary/aromatic N) is 1. The number of hydrogen-bond acceptors (Lipinski definition) is 4. The molecule has 33 heavy (non-hydrogen) atoms. The lowest BCUT2D eigenvalue weighted by Gasteiger charge is -2.45. The number of benzene rings is 2. The van der Waals surface area contributed by atoms with Crippen molar-refractivity contribution in [1.29, 1.82) is 0 Å². The van der Waals surface area contributed by atoms with Gasteiger partial charge in [-0.2, -0.15) is 0 Å². The minimum Gasteiger partial charge on any atom is -0.493 e. The van der Waals surface area contributed by atoms with Crippen molar-refractivity contribution in [1.82, 2.24) is 15.5 Å². The molecule has 2 aliphatic rings. The average molecular weight is 450 g/mol. The molecule has 2 fully saturated rings. The van der Waals surface area contributed by atoms with E-state index in [0.29, 0.717) is 12.6 Å². The minimum absolute atomic E-state index is 0.0318. The number of amides is 2. The number of fused-ring (bicyclic) bond motifs is 1. The van der Waals surface area contributed by atoms with Crippen molar-refractivity contribution in [3.05, 3.63) is 72.3 Å². The summed E-state index contributed by atoms with van der Waals surface area (Å²) in [5.41, 5.74) is 2.65. The standard InChI is InChI=1S/C27H35N3O3/c1-4-15-28-26(31)29-22-12-13-27(21-10-11-23(32-2)24(17-21)33-3)14-16-30(25(27)18-22)19-20-8-6-5-7-9-20/h4-11,17,22,25H,1,12-16,18-19H2,2-3H3,(H2,28,29,31)/t22-,25+,27+/m1/s1. The molecule has 176 valence electrons. The van der Waals surface area contributed by atoms with Crippen molar-refractivity contribution in [2.75, 3.05) is 27.3 Å². The second kappa shape index (κ2) is 10.3. The molecule has 2 amide bonds. The summed E-state index contributed by atoms with van der Waals surface area (Å²) in [4.78, 5) is 14.9. The fraction of sp³-hybridized carbons (Fsp3) is 0.444. The summed E-state index contributed by atoms with van der Waals surface area (Å²) >= 11 is 0. The van der Waals surface area contributed by atoms with Crippen molar-refractivity contribution in [2.24, 2.45) is 0 Å². The van der Waals surface area contributed by atoms with Crippen molar-refractivity contribution in [2.45, 2.75) is 49.7 Å². The van der Waals surface area contributed by atoms with Gasteiger partial charge in [-0.3, -0.25) is 4.90 Å². The maximum absolute atomic E-state index is 12.3. The number of methoxy groups -OCH3 is 2. The van der Waals surface area contributed by atoms with E-state index in [1.54, 1.807) is 20.3 Å². The molecule has 6 heteroatoms. The number of hydrogen-bond donors (Lipinski definition) is 2. The van der Waals surface area contributed by atoms with E-state index in [2.05, 4.69) is 64.6 Å². The first kappa shape index (κ1) is 23.2. The molecular formula is C27H35N3O3. The van der Waals surface area contributed by atoms with E-state index in [1.165, 1.54) is 11.1 Å². The molecule has 0 aromatic heterocycles. The van der Waals surface area contributed by atoms with E-state index in [4.69, 9.17) is 9.47 Å². The molecule has 1 aliphatic heterocycles. The average Bonchev–Trinajstić information content (AvgIpc) is 3.21. The molecule has 0 spiro atoms. The maximum atomic E-state index is 12.3. The molecule has 2 aromatic carbocycles. The minimum atomic E-state index is -0.119. The number of rotatable bonds is 8. The molecule has 1 saturated carbocycles. The lowest BCUT2D eigenvalue weighted by atomic mass is 9.65. The highest BCUT2D eigenvalue weighted by atomic mass is 16.5. The molecule has 0 bridgehead atoms. The third-order valence-corrected chi connectivity index (χ3v) is 7.30. The van der Waals surface area contributed by atoms with Crippen LogP contribution in [0.15, 0.2) is 61.2 Å². The number of urea groups is 1. The molecule has 2 aromatic rings. The van der Waals surface area contributed by atoms with Crippen LogP contribution in [-0.4, -0.2) is 50.3 Å². The van der Waals surface area contributed by atoms with Gasteiger partial charge in [-0.25, -0.2) is 4.79 Å². The van der Waals surface area contributed by atoms with E-state index in [-0.39, 0.29) is 17.5 Å². The van der Waals surface area contributed by atoms with Gasteiger partial charge >= 0.3 is 6.03 Å². The molecule has 0 unspecified atom stereocenters. The number of carbonyl (C=O) groups excluding carboxylic acids is 1. The highest BCUT2D eigenvalue weighted by Gasteiger charge is 2.51. The molecule has 0 radical (unpaired) electrons. The van der Waals surface area contributed by atoms with Crippen LogP contribution in [0.5, 0.6) is 11.5 Å². The summed E-state index contributed by atoms with van der Waals surface area (Å²) < 4.78 is 11.1. The fourth-order valence-electron chi connectivity index (χ4n) is 5.67. The largest absolute Gasteiger partial charge is 0.493 e. The van der Waals surface area contributed by atoms with E-state index in [0.717, 1.165) is 50.3 Å². The summed E-state index contributed by atoms with van der Waals surface area (Å²) in [7, 11) is 3.36. The van der Waals surface area contributed by atoms with Gasteiger partial charge in [0.25, 0.3) is 0 Å². The number of nitrogens with one attached hydrogen (secondary N) is 2. The van der Waals surface area contributed by atoms with E-state index in [9.17, 15) is 4.79 Å². The topological polar surface area (TPSA) is 62.8 Å². The second-order valence-electron chi connectivity index (χ2n) is 9.06. The zero-order valence-corrected chi connectivity index (χ0v) is 19.7. The van der Waals surface area contributed by atoms with Crippen molar-refractivity contribution in [3.63, 3.8) is 0 Å². The highest BCUT2D eigenvalue weighted by molar-refractivity contribution is 5.74. The molecule has 4 rings (SSSR count). The molecule has 1 saturated heterocycles. The van der Waals surface area contributed by atoms with E-state index >= 15 is 0 Å². The van der Waals surface area contributed by atoms with Gasteiger partial charge in [0.05, 0.1) is 14.2 Å². The lowest BCUT2D eigenvalue weighted by Crippen LogP contribution is -2.53. The van der Waals surface area contributed by atoms with Crippen molar-refractivity contribution >= 4 is 6.03 Å². The summed E-state index contributed by atoms with van der Waals surface area (Å²) in [6, 6.07) is 17.4. The fourth-order valence-corrected chi connectivity index (χ4v) is 5.67. The van der Waals surface area contributed by atoms with E-state index in [1.807, 2.05) is 6.07 Å². The first-order valence-electron chi connectivity index (χ1n) is 11.8. The Morgan fingerprint density at radius 2 is 1.94 bits per heavy atom. The van der Waals surface area contributed by atoms with Gasteiger partial charge in [0.15, 0.2) is 11.5 Å². The Hall–Kier alpha value is -2.99. The molecule has 1 heterocycles. The predicted octanol–water partition coefficient (Wildman–Crippen LogP) is 4.25. The SMILES string of the molecule is C=CCNC(=O)N[C@@H]1CC[C@@]2(c3ccc(OC)c(OC)c3)CCN(Cc3ccccc3)[C@H]2C1. The summed E-state index contributed by atoms with van der Waals surface area (Å²) in [6.07, 6.45) is 5.68. The molecule has 3 atom stereocenters. The van der Waals surface area contributed by atoms with Gasteiger partial charge in [0.1, 0.15) is 0 Å². The van der Waals surface area contributed by atoms with Gasteiger partial charge in [-0.05, 0) is 55.5 Å². The van der Waals surface area contributed by atoms with E-state index < -0.39 is 0 Å². The Morgan fingerprint density at radius 3 is 2.67 bits per heavy atom. The number of ether oxygens (including phenoxy) is 2. The Kier molecular flexibility index (Phi) is 7.23. The van der Waals surface area contributed by atoms with Crippen LogP contribution in [0.25, 0.3) is 0 Å². The maximum Gasteiger partial charge on any atom is 0.315 e. The third-order valence-electron chi connectivity index (χ3n) is 7.30. The Labute approximate surface area is 197 Å². The lowest BCUT2D eigenvalue weighted by molar-refractivity contribution is 0.130. The Morgan fingerprint density at radius 1 is 1.15 bits per heavy atom. The zero-order chi connectivity index (χ0) is 23.3. The summed E-state index contributed by atoms with van der Waals surface area (Å²) in [5, 5.41) is 6.04. The Bertz CT molecular complexity index is 964. The van der Waals surface area contributed by atoms with Gasteiger partial charge in [-0.1, -0.05) is 42.5 Å². The van der Waals surface area contributed by atoms with Crippen LogP contribution in [0.3, 0.4) is 0 Å². The van der Waals surface area contributed by atoms with Crippen molar-refractivity contribution in [3.8, 4) is 11.5 Å². The van der Waals surface area contributed by atoms with Gasteiger partial charge in [0, 0.05) is 30.6 Å². The van der Waals surface area contributed by atoms with Crippen LogP contribution in [0.4, 0.5) is 4.79 Å². The van der Waals surface area contributed by atoms with Crippen LogP contribution in [0, 0.1) is 0 Å². The molecule has 6 nitrogen and oxygen atoms in total. The van der Waals surface area contributed by atoms with Crippen LogP contribution >= 0.6 is 0 Å². The van der Waals surface area contributed by atoms with Gasteiger partial charge in [0.2, 0.25) is 0 Å². The summed E-state index contributed by atoms with van der Waals surface area (Å²) in [5.74, 6) is 1.52. The van der Waals surface area contributed by atoms with Gasteiger partial charge < -0.3 is 20.1 Å². The molecule has 1 aliphatic carbocycles. The first-order chi connectivity index (χ1) is 16.1.